The van der Waals surface area contributed by atoms with E-state index in [0.29, 0.717) is 0 Å². The molecule has 0 N–H and O–H groups in total. The van der Waals surface area contributed by atoms with Gasteiger partial charge in [0.2, 0.25) is 0 Å². The zero-order valence-electron chi connectivity index (χ0n) is 7.37. The van der Waals surface area contributed by atoms with Gasteiger partial charge in [0.05, 0.1) is 16.9 Å². The van der Waals surface area contributed by atoms with Crippen LogP contribution in [-0.4, -0.2) is 11.2 Å². The third-order valence-electron chi connectivity index (χ3n) is 2.35. The zero-order chi connectivity index (χ0) is 9.54. The minimum absolute atomic E-state index is 0.859. The Morgan fingerprint density at radius 1 is 1.21 bits per heavy atom. The maximum absolute atomic E-state index is 4.56. The smallest absolute Gasteiger partial charge is 0.0851 e. The Morgan fingerprint density at radius 3 is 3.07 bits per heavy atom. The number of fused-ring (bicyclic) bond motifs is 2. The van der Waals surface area contributed by atoms with E-state index in [1.807, 2.05) is 18.3 Å². The van der Waals surface area contributed by atoms with Gasteiger partial charge in [0.15, 0.2) is 0 Å². The van der Waals surface area contributed by atoms with E-state index >= 15 is 0 Å². The molecule has 0 spiro atoms. The molecule has 68 valence electrons. The molecule has 1 aliphatic rings. The molecule has 1 aromatic carbocycles. The van der Waals surface area contributed by atoms with E-state index in [2.05, 4.69) is 38.0 Å². The minimum atomic E-state index is 0.859. The summed E-state index contributed by atoms with van der Waals surface area (Å²) in [6.45, 7) is 0. The summed E-state index contributed by atoms with van der Waals surface area (Å²) in [6.07, 6.45) is 2.77. The monoisotopic (exact) mass is 246 g/mol. The first-order chi connectivity index (χ1) is 6.83. The summed E-state index contributed by atoms with van der Waals surface area (Å²) in [5, 5.41) is 1.14. The van der Waals surface area contributed by atoms with E-state index in [1.165, 1.54) is 0 Å². The van der Waals surface area contributed by atoms with Crippen LogP contribution >= 0.6 is 15.9 Å². The number of pyridine rings is 1. The van der Waals surface area contributed by atoms with Crippen molar-refractivity contribution in [3.8, 4) is 0 Å². The molecule has 2 heterocycles. The maximum atomic E-state index is 4.56. The van der Waals surface area contributed by atoms with Crippen molar-refractivity contribution in [2.75, 3.05) is 0 Å². The Balaban J connectivity index is 2.36. The van der Waals surface area contributed by atoms with Crippen molar-refractivity contribution in [3.05, 3.63) is 34.4 Å². The summed E-state index contributed by atoms with van der Waals surface area (Å²) >= 11 is 3.44. The normalized spacial score (nSPS) is 13.5. The first kappa shape index (κ1) is 8.12. The van der Waals surface area contributed by atoms with E-state index < -0.39 is 0 Å². The molecule has 0 aliphatic carbocycles. The Morgan fingerprint density at radius 2 is 2.14 bits per heavy atom. The number of benzene rings is 1. The molecular weight excluding hydrogens is 240 g/mol. The van der Waals surface area contributed by atoms with Gasteiger partial charge in [-0.05, 0) is 18.2 Å². The molecule has 3 heteroatoms. The molecule has 0 amide bonds. The minimum Gasteiger partial charge on any atom is -0.259 e. The van der Waals surface area contributed by atoms with Gasteiger partial charge in [-0.3, -0.25) is 9.98 Å². The molecule has 3 rings (SSSR count). The second-order valence-corrected chi connectivity index (χ2v) is 4.22. The Kier molecular flexibility index (Phi) is 1.67. The number of halogens is 1. The van der Waals surface area contributed by atoms with Gasteiger partial charge in [-0.1, -0.05) is 22.0 Å². The Labute approximate surface area is 89.8 Å². The fraction of sp³-hybridized carbons (Fsp3) is 0.0909. The highest BCUT2D eigenvalue weighted by atomic mass is 79.9. The van der Waals surface area contributed by atoms with Gasteiger partial charge in [0.25, 0.3) is 0 Å². The van der Waals surface area contributed by atoms with Gasteiger partial charge in [0.1, 0.15) is 0 Å². The number of aromatic nitrogens is 1. The summed E-state index contributed by atoms with van der Waals surface area (Å²) in [7, 11) is 0. The predicted octanol–water partition coefficient (Wildman–Crippen LogP) is 3.26. The number of hydrogen-bond acceptors (Lipinski definition) is 2. The summed E-state index contributed by atoms with van der Waals surface area (Å²) in [4.78, 5) is 8.83. The maximum Gasteiger partial charge on any atom is 0.0851 e. The van der Waals surface area contributed by atoms with Crippen LogP contribution in [0.5, 0.6) is 0 Å². The van der Waals surface area contributed by atoms with Crippen LogP contribution in [0.2, 0.25) is 0 Å². The van der Waals surface area contributed by atoms with Crippen molar-refractivity contribution in [2.45, 2.75) is 6.42 Å². The number of hydrogen-bond donors (Lipinski definition) is 0. The molecule has 1 aliphatic heterocycles. The molecule has 2 nitrogen and oxygen atoms in total. The molecule has 1 aromatic heterocycles. The van der Waals surface area contributed by atoms with Crippen LogP contribution in [0.25, 0.3) is 10.9 Å². The van der Waals surface area contributed by atoms with Gasteiger partial charge in [-0.2, -0.15) is 0 Å². The lowest BCUT2D eigenvalue weighted by Crippen LogP contribution is -1.87. The highest BCUT2D eigenvalue weighted by Gasteiger charge is 2.09. The van der Waals surface area contributed by atoms with Crippen molar-refractivity contribution >= 4 is 38.7 Å². The first-order valence-electron chi connectivity index (χ1n) is 4.45. The molecule has 2 aromatic rings. The molecular formula is C11H7BrN2. The SMILES string of the molecule is Brc1ccc2cc3c(nc2c1)CC=N3. The Bertz CT molecular complexity index is 546. The summed E-state index contributed by atoms with van der Waals surface area (Å²) in [6, 6.07) is 8.21. The van der Waals surface area contributed by atoms with Gasteiger partial charge in [-0.25, -0.2) is 0 Å². The topological polar surface area (TPSA) is 25.2 Å². The van der Waals surface area contributed by atoms with E-state index in [4.69, 9.17) is 0 Å². The second-order valence-electron chi connectivity index (χ2n) is 3.31. The molecule has 0 atom stereocenters. The van der Waals surface area contributed by atoms with E-state index in [0.717, 1.165) is 33.2 Å². The lowest BCUT2D eigenvalue weighted by molar-refractivity contribution is 1.22. The molecule has 14 heavy (non-hydrogen) atoms. The molecule has 0 saturated carbocycles. The summed E-state index contributed by atoms with van der Waals surface area (Å²) in [5.41, 5.74) is 3.12. The highest BCUT2D eigenvalue weighted by molar-refractivity contribution is 9.10. The van der Waals surface area contributed by atoms with Crippen LogP contribution in [-0.2, 0) is 6.42 Å². The van der Waals surface area contributed by atoms with E-state index in [-0.39, 0.29) is 0 Å². The van der Waals surface area contributed by atoms with Crippen LogP contribution in [0.4, 0.5) is 5.69 Å². The predicted molar refractivity (Wildman–Crippen MR) is 61.3 cm³/mol. The van der Waals surface area contributed by atoms with Crippen molar-refractivity contribution in [2.24, 2.45) is 4.99 Å². The van der Waals surface area contributed by atoms with Crippen molar-refractivity contribution in [1.82, 2.24) is 4.98 Å². The second kappa shape index (κ2) is 2.89. The van der Waals surface area contributed by atoms with Gasteiger partial charge < -0.3 is 0 Å². The van der Waals surface area contributed by atoms with Gasteiger partial charge >= 0.3 is 0 Å². The van der Waals surface area contributed by atoms with Crippen LogP contribution in [0.15, 0.2) is 33.7 Å². The molecule has 0 radical (unpaired) electrons. The molecule has 0 bridgehead atoms. The average molecular weight is 247 g/mol. The van der Waals surface area contributed by atoms with Crippen molar-refractivity contribution < 1.29 is 0 Å². The van der Waals surface area contributed by atoms with E-state index in [1.54, 1.807) is 0 Å². The van der Waals surface area contributed by atoms with Crippen molar-refractivity contribution in [1.29, 1.82) is 0 Å². The molecule has 0 saturated heterocycles. The summed E-state index contributed by atoms with van der Waals surface area (Å²) in [5.74, 6) is 0. The number of nitrogens with zero attached hydrogens (tertiary/aromatic N) is 2. The van der Waals surface area contributed by atoms with Gasteiger partial charge in [-0.15, -0.1) is 0 Å². The Hall–Kier alpha value is -1.22. The standard InChI is InChI=1S/C11H7BrN2/c12-8-2-1-7-5-11-9(3-4-13-11)14-10(7)6-8/h1-2,4-6H,3H2. The molecule has 0 unspecified atom stereocenters. The van der Waals surface area contributed by atoms with Crippen LogP contribution in [0.3, 0.4) is 0 Å². The highest BCUT2D eigenvalue weighted by Crippen LogP contribution is 2.28. The first-order valence-corrected chi connectivity index (χ1v) is 5.24. The fourth-order valence-corrected chi connectivity index (χ4v) is 2.01. The third-order valence-corrected chi connectivity index (χ3v) is 2.84. The number of rotatable bonds is 0. The third kappa shape index (κ3) is 1.16. The average Bonchev–Trinajstić information content (AvgIpc) is 2.61. The lowest BCUT2D eigenvalue weighted by Gasteiger charge is -2.01. The largest absolute Gasteiger partial charge is 0.259 e. The molecule has 0 fully saturated rings. The lowest BCUT2D eigenvalue weighted by atomic mass is 10.2. The van der Waals surface area contributed by atoms with Crippen LogP contribution in [0, 0.1) is 0 Å². The zero-order valence-corrected chi connectivity index (χ0v) is 8.95. The van der Waals surface area contributed by atoms with Gasteiger partial charge in [0, 0.05) is 22.5 Å². The van der Waals surface area contributed by atoms with Crippen molar-refractivity contribution in [3.63, 3.8) is 0 Å². The summed E-state index contributed by atoms with van der Waals surface area (Å²) < 4.78 is 1.07. The number of aliphatic imine (C=N–C) groups is 1. The van der Waals surface area contributed by atoms with Crippen LogP contribution in [0.1, 0.15) is 5.69 Å². The van der Waals surface area contributed by atoms with Crippen LogP contribution < -0.4 is 0 Å². The van der Waals surface area contributed by atoms with E-state index in [9.17, 15) is 0 Å². The fourth-order valence-electron chi connectivity index (χ4n) is 1.66. The quantitative estimate of drug-likeness (QED) is 0.701.